The lowest BCUT2D eigenvalue weighted by Gasteiger charge is -2.11. The molecule has 2 aromatic carbocycles. The van der Waals surface area contributed by atoms with E-state index in [4.69, 9.17) is 4.74 Å². The monoisotopic (exact) mass is 423 g/mol. The van der Waals surface area contributed by atoms with E-state index in [9.17, 15) is 9.59 Å². The van der Waals surface area contributed by atoms with Crippen molar-refractivity contribution >= 4 is 28.6 Å². The molecule has 0 bridgehead atoms. The van der Waals surface area contributed by atoms with Crippen LogP contribution in [0.5, 0.6) is 5.75 Å². The Morgan fingerprint density at radius 1 is 1.00 bits per heavy atom. The van der Waals surface area contributed by atoms with E-state index in [2.05, 4.69) is 5.32 Å². The second-order valence-electron chi connectivity index (χ2n) is 7.06. The molecule has 0 fully saturated rings. The van der Waals surface area contributed by atoms with Crippen LogP contribution in [-0.2, 0) is 0 Å². The van der Waals surface area contributed by atoms with E-state index < -0.39 is 0 Å². The lowest BCUT2D eigenvalue weighted by atomic mass is 10.2. The molecule has 0 aliphatic rings. The Kier molecular flexibility index (Phi) is 6.52. The molecule has 7 heteroatoms. The molecule has 3 rings (SSSR count). The van der Waals surface area contributed by atoms with Gasteiger partial charge in [-0.2, -0.15) is 0 Å². The highest BCUT2D eigenvalue weighted by Crippen LogP contribution is 2.25. The number of amides is 2. The van der Waals surface area contributed by atoms with Gasteiger partial charge in [0.1, 0.15) is 5.75 Å². The minimum Gasteiger partial charge on any atom is -0.497 e. The number of ether oxygens (including phenoxy) is 1. The second-order valence-corrected chi connectivity index (χ2v) is 8.08. The zero-order chi connectivity index (χ0) is 21.8. The number of aryl methyl sites for hydroxylation is 1. The van der Waals surface area contributed by atoms with Crippen LogP contribution in [0.3, 0.4) is 0 Å². The fourth-order valence-corrected chi connectivity index (χ4v) is 3.77. The van der Waals surface area contributed by atoms with E-state index in [1.54, 1.807) is 33.3 Å². The van der Waals surface area contributed by atoms with E-state index >= 15 is 0 Å². The Labute approximate surface area is 180 Å². The van der Waals surface area contributed by atoms with Crippen LogP contribution < -0.4 is 10.1 Å². The minimum absolute atomic E-state index is 0.0437. The van der Waals surface area contributed by atoms with Gasteiger partial charge in [-0.3, -0.25) is 9.59 Å². The van der Waals surface area contributed by atoms with Crippen molar-refractivity contribution in [2.24, 2.45) is 0 Å². The van der Waals surface area contributed by atoms with Gasteiger partial charge in [-0.1, -0.05) is 0 Å². The normalized spacial score (nSPS) is 10.6. The zero-order valence-electron chi connectivity index (χ0n) is 17.7. The molecule has 3 aromatic rings. The van der Waals surface area contributed by atoms with E-state index in [0.717, 1.165) is 39.5 Å². The number of carbonyl (C=O) groups excluding carboxylic acids is 2. The van der Waals surface area contributed by atoms with Crippen LogP contribution in [0.2, 0.25) is 0 Å². The van der Waals surface area contributed by atoms with Crippen molar-refractivity contribution in [1.29, 1.82) is 0 Å². The molecule has 2 amide bonds. The SMILES string of the molecule is COc1ccc(-n2c(C)cc(C(=O)Nc3ccc(SC(=O)N(C)C)cc3)c2C)cc1. The topological polar surface area (TPSA) is 63.6 Å². The van der Waals surface area contributed by atoms with Crippen LogP contribution in [0.4, 0.5) is 10.5 Å². The van der Waals surface area contributed by atoms with Gasteiger partial charge in [0.05, 0.1) is 12.7 Å². The van der Waals surface area contributed by atoms with Crippen molar-refractivity contribution in [2.75, 3.05) is 26.5 Å². The molecule has 6 nitrogen and oxygen atoms in total. The molecule has 156 valence electrons. The smallest absolute Gasteiger partial charge is 0.285 e. The van der Waals surface area contributed by atoms with Crippen molar-refractivity contribution < 1.29 is 14.3 Å². The maximum Gasteiger partial charge on any atom is 0.285 e. The maximum absolute atomic E-state index is 12.9. The number of thioether (sulfide) groups is 1. The number of carbonyl (C=O) groups is 2. The van der Waals surface area contributed by atoms with Gasteiger partial charge in [0.2, 0.25) is 0 Å². The number of nitrogens with zero attached hydrogens (tertiary/aromatic N) is 2. The molecule has 30 heavy (non-hydrogen) atoms. The first kappa shape index (κ1) is 21.5. The summed E-state index contributed by atoms with van der Waals surface area (Å²) in [7, 11) is 5.06. The quantitative estimate of drug-likeness (QED) is 0.578. The molecule has 1 heterocycles. The average Bonchev–Trinajstić information content (AvgIpc) is 3.03. The number of anilines is 1. The fourth-order valence-electron chi connectivity index (χ4n) is 3.12. The van der Waals surface area contributed by atoms with Crippen LogP contribution in [0.25, 0.3) is 5.69 Å². The Balaban J connectivity index is 1.76. The molecule has 1 aromatic heterocycles. The number of aromatic nitrogens is 1. The van der Waals surface area contributed by atoms with Gasteiger partial charge in [0.15, 0.2) is 0 Å². The predicted octanol–water partition coefficient (Wildman–Crippen LogP) is 5.13. The summed E-state index contributed by atoms with van der Waals surface area (Å²) in [5.74, 6) is 0.612. The van der Waals surface area contributed by atoms with Crippen molar-refractivity contribution in [2.45, 2.75) is 18.7 Å². The van der Waals surface area contributed by atoms with Gasteiger partial charge in [-0.15, -0.1) is 0 Å². The van der Waals surface area contributed by atoms with Gasteiger partial charge >= 0.3 is 0 Å². The van der Waals surface area contributed by atoms with Crippen LogP contribution in [-0.4, -0.2) is 41.8 Å². The Hall–Kier alpha value is -3.19. The summed E-state index contributed by atoms with van der Waals surface area (Å²) >= 11 is 1.15. The third-order valence-corrected chi connectivity index (χ3v) is 5.74. The van der Waals surface area contributed by atoms with Gasteiger partial charge in [0, 0.05) is 41.8 Å². The summed E-state index contributed by atoms with van der Waals surface area (Å²) in [4.78, 5) is 27.0. The molecule has 0 spiro atoms. The number of nitrogens with one attached hydrogen (secondary N) is 1. The van der Waals surface area contributed by atoms with E-state index in [1.165, 1.54) is 4.90 Å². The third-order valence-electron chi connectivity index (χ3n) is 4.69. The number of hydrogen-bond donors (Lipinski definition) is 1. The van der Waals surface area contributed by atoms with Crippen molar-refractivity contribution in [3.8, 4) is 11.4 Å². The summed E-state index contributed by atoms with van der Waals surface area (Å²) in [5, 5.41) is 2.89. The molecule has 0 unspecified atom stereocenters. The average molecular weight is 424 g/mol. The van der Waals surface area contributed by atoms with Crippen molar-refractivity contribution in [3.63, 3.8) is 0 Å². The van der Waals surface area contributed by atoms with Gasteiger partial charge in [-0.25, -0.2) is 0 Å². The summed E-state index contributed by atoms with van der Waals surface area (Å²) in [6.45, 7) is 3.90. The Morgan fingerprint density at radius 2 is 1.63 bits per heavy atom. The highest BCUT2D eigenvalue weighted by molar-refractivity contribution is 8.13. The molecule has 0 aliphatic carbocycles. The second kappa shape index (κ2) is 9.09. The van der Waals surface area contributed by atoms with Gasteiger partial charge < -0.3 is 19.5 Å². The summed E-state index contributed by atoms with van der Waals surface area (Å²) < 4.78 is 7.26. The van der Waals surface area contributed by atoms with Gasteiger partial charge in [-0.05, 0) is 80.2 Å². The van der Waals surface area contributed by atoms with Crippen LogP contribution in [0.1, 0.15) is 21.7 Å². The zero-order valence-corrected chi connectivity index (χ0v) is 18.5. The van der Waals surface area contributed by atoms with Gasteiger partial charge in [0.25, 0.3) is 11.1 Å². The highest BCUT2D eigenvalue weighted by Gasteiger charge is 2.17. The first-order chi connectivity index (χ1) is 14.3. The van der Waals surface area contributed by atoms with Crippen molar-refractivity contribution in [3.05, 3.63) is 71.5 Å². The van der Waals surface area contributed by atoms with Crippen molar-refractivity contribution in [1.82, 2.24) is 9.47 Å². The van der Waals surface area contributed by atoms with E-state index in [-0.39, 0.29) is 11.1 Å². The third kappa shape index (κ3) is 4.68. The standard InChI is InChI=1S/C23H25N3O3S/c1-15-14-21(16(2)26(15)18-8-10-19(29-5)11-9-18)22(27)24-17-6-12-20(13-7-17)30-23(28)25(3)4/h6-14H,1-5H3,(H,24,27). The number of methoxy groups -OCH3 is 1. The maximum atomic E-state index is 12.9. The molecule has 0 saturated heterocycles. The molecule has 0 aliphatic heterocycles. The molecular formula is C23H25N3O3S. The molecular weight excluding hydrogens is 398 g/mol. The highest BCUT2D eigenvalue weighted by atomic mass is 32.2. The number of benzene rings is 2. The predicted molar refractivity (Wildman–Crippen MR) is 121 cm³/mol. The summed E-state index contributed by atoms with van der Waals surface area (Å²) in [5.41, 5.74) is 4.09. The first-order valence-electron chi connectivity index (χ1n) is 9.44. The first-order valence-corrected chi connectivity index (χ1v) is 10.3. The Morgan fingerprint density at radius 3 is 2.20 bits per heavy atom. The van der Waals surface area contributed by atoms with Crippen LogP contribution >= 0.6 is 11.8 Å². The molecule has 0 saturated carbocycles. The lowest BCUT2D eigenvalue weighted by Crippen LogP contribution is -2.16. The van der Waals surface area contributed by atoms with E-state index in [1.807, 2.05) is 60.9 Å². The lowest BCUT2D eigenvalue weighted by molar-refractivity contribution is 0.102. The number of hydrogen-bond acceptors (Lipinski definition) is 4. The molecule has 1 N–H and O–H groups in total. The fraction of sp³-hybridized carbons (Fsp3) is 0.217. The van der Waals surface area contributed by atoms with Crippen LogP contribution in [0.15, 0.2) is 59.5 Å². The summed E-state index contributed by atoms with van der Waals surface area (Å²) in [6, 6.07) is 16.8. The largest absolute Gasteiger partial charge is 0.497 e. The molecule has 0 atom stereocenters. The Bertz CT molecular complexity index is 1050. The van der Waals surface area contributed by atoms with Crippen LogP contribution in [0, 0.1) is 13.8 Å². The molecule has 0 radical (unpaired) electrons. The number of rotatable bonds is 5. The van der Waals surface area contributed by atoms with E-state index in [0.29, 0.717) is 11.3 Å². The minimum atomic E-state index is -0.173. The summed E-state index contributed by atoms with van der Waals surface area (Å²) in [6.07, 6.45) is 0.